The van der Waals surface area contributed by atoms with Gasteiger partial charge >= 0.3 is 0 Å². The van der Waals surface area contributed by atoms with Gasteiger partial charge in [0.1, 0.15) is 55.4 Å². The Labute approximate surface area is 406 Å². The van der Waals surface area contributed by atoms with Gasteiger partial charge in [-0.05, 0) is 33.4 Å². The maximum Gasteiger partial charge on any atom is 0.187 e. The predicted molar refractivity (Wildman–Crippen MR) is 260 cm³/mol. The zero-order valence-electron chi connectivity index (χ0n) is 39.0. The maximum absolute atomic E-state index is 6.97. The Morgan fingerprint density at radius 2 is 0.652 bits per heavy atom. The summed E-state index contributed by atoms with van der Waals surface area (Å²) < 4.78 is 73.9. The van der Waals surface area contributed by atoms with Gasteiger partial charge in [0.2, 0.25) is 0 Å². The molecule has 6 aromatic carbocycles. The van der Waals surface area contributed by atoms with Crippen LogP contribution in [0, 0.1) is 12.3 Å². The molecule has 69 heavy (non-hydrogen) atoms. The SMILES string of the molecule is C#CCOC[C@H]1O[C@@H](OC[C@H]2O[C@H](OC)[C@H](OCc3ccccc3)[C@@H](OCc3ccccc3)[C@@H]2OCc2ccccc2)[C@H](OCc2ccccc2)[C@@H](OCc2ccccc2)[C@H]1OCc1ccccc1. The molecule has 8 rings (SSSR count). The summed E-state index contributed by atoms with van der Waals surface area (Å²) in [6, 6.07) is 59.9. The van der Waals surface area contributed by atoms with Gasteiger partial charge < -0.3 is 52.1 Å². The van der Waals surface area contributed by atoms with E-state index in [0.29, 0.717) is 6.61 Å². The van der Waals surface area contributed by atoms with Crippen molar-refractivity contribution < 1.29 is 52.1 Å². The molecule has 0 aliphatic carbocycles. The van der Waals surface area contributed by atoms with E-state index >= 15 is 0 Å². The van der Waals surface area contributed by atoms with Crippen molar-refractivity contribution in [3.8, 4) is 12.3 Å². The van der Waals surface area contributed by atoms with Crippen LogP contribution in [0.4, 0.5) is 0 Å². The molecule has 10 atom stereocenters. The summed E-state index contributed by atoms with van der Waals surface area (Å²) in [7, 11) is 1.60. The van der Waals surface area contributed by atoms with Crippen molar-refractivity contribution in [3.05, 3.63) is 215 Å². The molecule has 360 valence electrons. The molecule has 2 aliphatic rings. The van der Waals surface area contributed by atoms with E-state index in [4.69, 9.17) is 58.5 Å². The zero-order chi connectivity index (χ0) is 47.3. The van der Waals surface area contributed by atoms with E-state index in [-0.39, 0.29) is 52.9 Å². The van der Waals surface area contributed by atoms with Crippen molar-refractivity contribution in [1.82, 2.24) is 0 Å². The third kappa shape index (κ3) is 14.7. The van der Waals surface area contributed by atoms with Crippen LogP contribution < -0.4 is 0 Å². The van der Waals surface area contributed by atoms with Crippen LogP contribution in [0.15, 0.2) is 182 Å². The second kappa shape index (κ2) is 27.0. The predicted octanol–water partition coefficient (Wildman–Crippen LogP) is 9.26. The third-order valence-electron chi connectivity index (χ3n) is 12.0. The number of terminal acetylenes is 1. The molecule has 0 amide bonds. The molecule has 6 aromatic rings. The molecule has 2 fully saturated rings. The van der Waals surface area contributed by atoms with Crippen molar-refractivity contribution in [2.45, 2.75) is 101 Å². The first-order valence-corrected chi connectivity index (χ1v) is 23.5. The maximum atomic E-state index is 6.97. The monoisotopic (exact) mass is 934 g/mol. The Morgan fingerprint density at radius 1 is 0.362 bits per heavy atom. The number of rotatable bonds is 25. The average Bonchev–Trinajstić information content (AvgIpc) is 3.41. The average molecular weight is 935 g/mol. The molecule has 2 heterocycles. The lowest BCUT2D eigenvalue weighted by Gasteiger charge is -2.48. The summed E-state index contributed by atoms with van der Waals surface area (Å²) >= 11 is 0. The van der Waals surface area contributed by atoms with Crippen LogP contribution in [0.1, 0.15) is 33.4 Å². The zero-order valence-corrected chi connectivity index (χ0v) is 39.0. The van der Waals surface area contributed by atoms with Crippen LogP contribution in [0.25, 0.3) is 0 Å². The van der Waals surface area contributed by atoms with E-state index in [1.165, 1.54) is 0 Å². The van der Waals surface area contributed by atoms with Crippen LogP contribution in [-0.2, 0) is 91.7 Å². The van der Waals surface area contributed by atoms with Crippen LogP contribution in [0.2, 0.25) is 0 Å². The van der Waals surface area contributed by atoms with Gasteiger partial charge in [0.05, 0.1) is 52.9 Å². The van der Waals surface area contributed by atoms with Crippen LogP contribution in [0.3, 0.4) is 0 Å². The fourth-order valence-corrected chi connectivity index (χ4v) is 8.51. The van der Waals surface area contributed by atoms with Crippen LogP contribution in [0.5, 0.6) is 0 Å². The highest BCUT2D eigenvalue weighted by Crippen LogP contribution is 2.35. The Bertz CT molecular complexity index is 2360. The lowest BCUT2D eigenvalue weighted by atomic mass is 9.97. The summed E-state index contributed by atoms with van der Waals surface area (Å²) in [5.41, 5.74) is 5.90. The highest BCUT2D eigenvalue weighted by Gasteiger charge is 2.52. The van der Waals surface area contributed by atoms with E-state index in [9.17, 15) is 0 Å². The Balaban J connectivity index is 1.12. The number of ether oxygens (including phenoxy) is 11. The topological polar surface area (TPSA) is 102 Å². The minimum absolute atomic E-state index is 0.0232. The van der Waals surface area contributed by atoms with Gasteiger partial charge in [-0.25, -0.2) is 0 Å². The minimum atomic E-state index is -1.01. The van der Waals surface area contributed by atoms with E-state index < -0.39 is 61.4 Å². The van der Waals surface area contributed by atoms with Crippen molar-refractivity contribution in [3.63, 3.8) is 0 Å². The van der Waals surface area contributed by atoms with Crippen molar-refractivity contribution in [2.75, 3.05) is 26.9 Å². The number of hydrogen-bond donors (Lipinski definition) is 0. The Hall–Kier alpha value is -5.56. The molecule has 2 saturated heterocycles. The second-order valence-corrected chi connectivity index (χ2v) is 16.9. The fourth-order valence-electron chi connectivity index (χ4n) is 8.51. The van der Waals surface area contributed by atoms with Crippen molar-refractivity contribution >= 4 is 0 Å². The molecule has 2 aliphatic heterocycles. The van der Waals surface area contributed by atoms with E-state index in [0.717, 1.165) is 33.4 Å². The molecule has 0 spiro atoms. The summed E-state index contributed by atoms with van der Waals surface area (Å²) in [5.74, 6) is 2.58. The first-order chi connectivity index (χ1) is 34.1. The number of methoxy groups -OCH3 is 1. The van der Waals surface area contributed by atoms with Crippen LogP contribution in [-0.4, -0.2) is 88.3 Å². The lowest BCUT2D eigenvalue weighted by molar-refractivity contribution is -0.351. The summed E-state index contributed by atoms with van der Waals surface area (Å²) in [6.45, 7) is 1.81. The molecule has 11 nitrogen and oxygen atoms in total. The van der Waals surface area contributed by atoms with Crippen LogP contribution >= 0.6 is 0 Å². The molecule has 11 heteroatoms. The lowest BCUT2D eigenvalue weighted by Crippen LogP contribution is -2.64. The quantitative estimate of drug-likeness (QED) is 0.0406. The first kappa shape index (κ1) is 49.8. The first-order valence-electron chi connectivity index (χ1n) is 23.5. The Morgan fingerprint density at radius 3 is 0.986 bits per heavy atom. The van der Waals surface area contributed by atoms with Gasteiger partial charge in [0.25, 0.3) is 0 Å². The molecule has 0 radical (unpaired) electrons. The van der Waals surface area contributed by atoms with Gasteiger partial charge in [-0.3, -0.25) is 0 Å². The Kier molecular flexibility index (Phi) is 19.5. The van der Waals surface area contributed by atoms with Gasteiger partial charge in [-0.15, -0.1) is 6.42 Å². The molecular weight excluding hydrogens is 873 g/mol. The fraction of sp³-hybridized carbons (Fsp3) is 0.345. The number of benzene rings is 6. The summed E-state index contributed by atoms with van der Waals surface area (Å²) in [6.07, 6.45) is -1.91. The summed E-state index contributed by atoms with van der Waals surface area (Å²) in [4.78, 5) is 0. The van der Waals surface area contributed by atoms with Crippen molar-refractivity contribution in [1.29, 1.82) is 0 Å². The highest BCUT2D eigenvalue weighted by molar-refractivity contribution is 5.18. The smallest absolute Gasteiger partial charge is 0.187 e. The molecule has 0 unspecified atom stereocenters. The second-order valence-electron chi connectivity index (χ2n) is 16.9. The van der Waals surface area contributed by atoms with Gasteiger partial charge in [-0.2, -0.15) is 0 Å². The normalized spacial score (nSPS) is 24.6. The minimum Gasteiger partial charge on any atom is -0.368 e. The highest BCUT2D eigenvalue weighted by atomic mass is 16.7. The molecular formula is C58H62O11. The van der Waals surface area contributed by atoms with Gasteiger partial charge in [0, 0.05) is 7.11 Å². The van der Waals surface area contributed by atoms with E-state index in [1.54, 1.807) is 7.11 Å². The van der Waals surface area contributed by atoms with Crippen molar-refractivity contribution in [2.24, 2.45) is 0 Å². The van der Waals surface area contributed by atoms with Gasteiger partial charge in [-0.1, -0.05) is 188 Å². The standard InChI is InChI=1S/C58H62O11/c1-3-34-60-41-49-51(61-35-43-22-10-4-11-23-43)54(64-38-46-28-16-7-17-29-46)56(66-40-48-32-20-9-21-33-48)58(69-49)67-42-50-52(62-36-44-24-12-5-13-25-44)53(63-37-45-26-14-6-15-27-45)55(57(59-2)68-50)65-39-47-30-18-8-19-31-47/h1,4-33,49-58H,34-42H2,2H3/t49-,50-,51+,52-,53+,54+,55-,56-,57+,58-/m1/s1. The largest absolute Gasteiger partial charge is 0.368 e. The molecule has 0 bridgehead atoms. The number of hydrogen-bond acceptors (Lipinski definition) is 11. The van der Waals surface area contributed by atoms with E-state index in [1.807, 2.05) is 182 Å². The molecule has 0 aromatic heterocycles. The van der Waals surface area contributed by atoms with E-state index in [2.05, 4.69) is 5.92 Å². The summed E-state index contributed by atoms with van der Waals surface area (Å²) in [5, 5.41) is 0. The molecule has 0 saturated carbocycles. The third-order valence-corrected chi connectivity index (χ3v) is 12.0. The van der Waals surface area contributed by atoms with Gasteiger partial charge in [0.15, 0.2) is 12.6 Å². The molecule has 0 N–H and O–H groups in total.